The molecule has 0 aliphatic heterocycles. The Labute approximate surface area is 155 Å². The Kier molecular flexibility index (Phi) is 5.51. The first-order chi connectivity index (χ1) is 13.0. The molecule has 2 aromatic carbocycles. The molecule has 0 saturated heterocycles. The van der Waals surface area contributed by atoms with E-state index in [1.54, 1.807) is 6.07 Å². The molecule has 3 rings (SSSR count). The normalized spacial score (nSPS) is 10.5. The van der Waals surface area contributed by atoms with E-state index in [1.165, 1.54) is 0 Å². The molecule has 1 aromatic heterocycles. The van der Waals surface area contributed by atoms with Crippen LogP contribution in [0.2, 0.25) is 0 Å². The monoisotopic (exact) mass is 365 g/mol. The Morgan fingerprint density at radius 2 is 1.59 bits per heavy atom. The zero-order valence-electron chi connectivity index (χ0n) is 14.5. The molecule has 7 nitrogen and oxygen atoms in total. The molecule has 138 valence electrons. The number of aromatic nitrogens is 1. The molecule has 0 saturated carbocycles. The van der Waals surface area contributed by atoms with Crippen LogP contribution in [0.4, 0.5) is 0 Å². The van der Waals surface area contributed by atoms with Crippen LogP contribution in [0.25, 0.3) is 10.9 Å². The van der Waals surface area contributed by atoms with Gasteiger partial charge in [-0.25, -0.2) is 0 Å². The van der Waals surface area contributed by atoms with Gasteiger partial charge in [-0.05, 0) is 17.7 Å². The maximum absolute atomic E-state index is 12.6. The number of amides is 2. The highest BCUT2D eigenvalue weighted by molar-refractivity contribution is 6.00. The summed E-state index contributed by atoms with van der Waals surface area (Å²) in [6.07, 6.45) is 0. The number of rotatable bonds is 7. The van der Waals surface area contributed by atoms with E-state index in [4.69, 9.17) is 5.11 Å². The second-order valence-electron chi connectivity index (χ2n) is 6.01. The van der Waals surface area contributed by atoms with Gasteiger partial charge in [-0.2, -0.15) is 0 Å². The Balaban J connectivity index is 1.80. The number of nitrogens with zero attached hydrogens (tertiary/aromatic N) is 1. The summed E-state index contributed by atoms with van der Waals surface area (Å²) < 4.78 is 1.90. The highest BCUT2D eigenvalue weighted by atomic mass is 16.4. The van der Waals surface area contributed by atoms with Gasteiger partial charge in [0.15, 0.2) is 0 Å². The molecular weight excluding hydrogens is 346 g/mol. The van der Waals surface area contributed by atoms with E-state index >= 15 is 0 Å². The minimum Gasteiger partial charge on any atom is -0.480 e. The molecule has 0 aliphatic carbocycles. The van der Waals surface area contributed by atoms with Gasteiger partial charge < -0.3 is 20.3 Å². The van der Waals surface area contributed by atoms with Crippen LogP contribution in [0.5, 0.6) is 0 Å². The van der Waals surface area contributed by atoms with E-state index < -0.39 is 24.3 Å². The molecule has 0 aliphatic rings. The van der Waals surface area contributed by atoms with Gasteiger partial charge in [-0.15, -0.1) is 0 Å². The molecule has 0 spiro atoms. The minimum absolute atomic E-state index is 0.293. The summed E-state index contributed by atoms with van der Waals surface area (Å²) in [6, 6.07) is 19.2. The fourth-order valence-corrected chi connectivity index (χ4v) is 2.82. The molecule has 2 amide bonds. The van der Waals surface area contributed by atoms with Crippen molar-refractivity contribution in [2.75, 3.05) is 13.1 Å². The lowest BCUT2D eigenvalue weighted by Gasteiger charge is -2.11. The molecule has 0 unspecified atom stereocenters. The molecule has 0 fully saturated rings. The number of nitrogens with one attached hydrogen (secondary N) is 2. The minimum atomic E-state index is -1.14. The first-order valence-corrected chi connectivity index (χ1v) is 8.43. The third kappa shape index (κ3) is 4.52. The maximum atomic E-state index is 12.6. The van der Waals surface area contributed by atoms with Crippen molar-refractivity contribution in [3.63, 3.8) is 0 Å². The highest BCUT2D eigenvalue weighted by Gasteiger charge is 2.16. The van der Waals surface area contributed by atoms with Crippen molar-refractivity contribution in [2.45, 2.75) is 6.54 Å². The summed E-state index contributed by atoms with van der Waals surface area (Å²) >= 11 is 0. The van der Waals surface area contributed by atoms with E-state index in [-0.39, 0.29) is 6.54 Å². The van der Waals surface area contributed by atoms with Crippen molar-refractivity contribution in [2.24, 2.45) is 0 Å². The summed E-state index contributed by atoms with van der Waals surface area (Å²) in [5, 5.41) is 14.2. The van der Waals surface area contributed by atoms with Crippen molar-refractivity contribution >= 4 is 28.7 Å². The predicted molar refractivity (Wildman–Crippen MR) is 100 cm³/mol. The van der Waals surface area contributed by atoms with Crippen LogP contribution in [0.1, 0.15) is 16.1 Å². The van der Waals surface area contributed by atoms with Gasteiger partial charge in [0.05, 0.1) is 6.54 Å². The molecule has 7 heteroatoms. The lowest BCUT2D eigenvalue weighted by molar-refractivity contribution is -0.137. The van der Waals surface area contributed by atoms with Crippen LogP contribution in [0.3, 0.4) is 0 Å². The van der Waals surface area contributed by atoms with Gasteiger partial charge in [0.2, 0.25) is 5.91 Å². The molecule has 0 atom stereocenters. The van der Waals surface area contributed by atoms with Crippen LogP contribution in [0, 0.1) is 0 Å². The predicted octanol–water partition coefficient (Wildman–Crippen LogP) is 1.62. The maximum Gasteiger partial charge on any atom is 0.322 e. The number of hydrogen-bond donors (Lipinski definition) is 3. The molecule has 3 aromatic rings. The van der Waals surface area contributed by atoms with Crippen molar-refractivity contribution in [3.05, 3.63) is 71.9 Å². The second-order valence-corrected chi connectivity index (χ2v) is 6.01. The van der Waals surface area contributed by atoms with Gasteiger partial charge in [0, 0.05) is 17.4 Å². The van der Waals surface area contributed by atoms with Crippen LogP contribution in [-0.4, -0.2) is 40.5 Å². The number of carbonyl (C=O) groups is 3. The summed E-state index contributed by atoms with van der Waals surface area (Å²) in [7, 11) is 0. The third-order valence-electron chi connectivity index (χ3n) is 4.07. The molecule has 0 radical (unpaired) electrons. The Hall–Kier alpha value is -3.61. The Bertz CT molecular complexity index is 979. The topological polar surface area (TPSA) is 100 Å². The average Bonchev–Trinajstić information content (AvgIpc) is 3.04. The van der Waals surface area contributed by atoms with E-state index in [0.717, 1.165) is 16.5 Å². The van der Waals surface area contributed by atoms with E-state index in [2.05, 4.69) is 10.6 Å². The number of hydrogen-bond acceptors (Lipinski definition) is 3. The lowest BCUT2D eigenvalue weighted by atomic mass is 10.2. The summed E-state index contributed by atoms with van der Waals surface area (Å²) in [5.74, 6) is -2.10. The summed E-state index contributed by atoms with van der Waals surface area (Å²) in [4.78, 5) is 34.8. The van der Waals surface area contributed by atoms with Crippen LogP contribution in [-0.2, 0) is 16.1 Å². The number of carbonyl (C=O) groups excluding carboxylic acids is 2. The van der Waals surface area contributed by atoms with Crippen molar-refractivity contribution in [1.29, 1.82) is 0 Å². The van der Waals surface area contributed by atoms with Gasteiger partial charge in [0.25, 0.3) is 5.91 Å². The fraction of sp³-hybridized carbons (Fsp3) is 0.150. The van der Waals surface area contributed by atoms with E-state index in [9.17, 15) is 14.4 Å². The summed E-state index contributed by atoms with van der Waals surface area (Å²) in [5.41, 5.74) is 2.40. The zero-order chi connectivity index (χ0) is 19.2. The third-order valence-corrected chi connectivity index (χ3v) is 4.07. The molecule has 3 N–H and O–H groups in total. The van der Waals surface area contributed by atoms with E-state index in [1.807, 2.05) is 59.2 Å². The largest absolute Gasteiger partial charge is 0.480 e. The summed E-state index contributed by atoms with van der Waals surface area (Å²) in [6.45, 7) is -0.260. The molecular formula is C20H19N3O4. The first kappa shape index (κ1) is 18.2. The average molecular weight is 365 g/mol. The number of benzene rings is 2. The zero-order valence-corrected chi connectivity index (χ0v) is 14.5. The Morgan fingerprint density at radius 1 is 0.889 bits per heavy atom. The van der Waals surface area contributed by atoms with Gasteiger partial charge in [-0.1, -0.05) is 48.5 Å². The number of carboxylic acid groups (broad SMARTS) is 1. The Morgan fingerprint density at radius 3 is 2.33 bits per heavy atom. The van der Waals surface area contributed by atoms with Crippen molar-refractivity contribution in [1.82, 2.24) is 15.2 Å². The fourth-order valence-electron chi connectivity index (χ4n) is 2.82. The highest BCUT2D eigenvalue weighted by Crippen LogP contribution is 2.21. The molecule has 27 heavy (non-hydrogen) atoms. The quantitative estimate of drug-likeness (QED) is 0.592. The smallest absolute Gasteiger partial charge is 0.322 e. The first-order valence-electron chi connectivity index (χ1n) is 8.43. The lowest BCUT2D eigenvalue weighted by Crippen LogP contribution is -2.39. The van der Waals surface area contributed by atoms with Gasteiger partial charge in [0.1, 0.15) is 12.2 Å². The number of carboxylic acids is 1. The van der Waals surface area contributed by atoms with E-state index in [0.29, 0.717) is 12.2 Å². The number of para-hydroxylation sites is 1. The van der Waals surface area contributed by atoms with Crippen LogP contribution in [0.15, 0.2) is 60.7 Å². The van der Waals surface area contributed by atoms with Crippen LogP contribution >= 0.6 is 0 Å². The number of aliphatic carboxylic acids is 1. The van der Waals surface area contributed by atoms with Crippen molar-refractivity contribution in [3.8, 4) is 0 Å². The molecule has 0 bridgehead atoms. The van der Waals surface area contributed by atoms with Crippen molar-refractivity contribution < 1.29 is 19.5 Å². The van der Waals surface area contributed by atoms with Crippen LogP contribution < -0.4 is 10.6 Å². The SMILES string of the molecule is O=C(O)CNC(=O)CNC(=O)c1cc2ccccc2n1Cc1ccccc1. The second kappa shape index (κ2) is 8.18. The number of fused-ring (bicyclic) bond motifs is 1. The van der Waals surface area contributed by atoms with Gasteiger partial charge >= 0.3 is 5.97 Å². The molecule has 1 heterocycles. The van der Waals surface area contributed by atoms with Gasteiger partial charge in [-0.3, -0.25) is 14.4 Å². The standard InChI is InChI=1S/C20H19N3O4/c24-18(21-12-19(25)26)11-22-20(27)17-10-15-8-4-5-9-16(15)23(17)13-14-6-2-1-3-7-14/h1-10H,11-13H2,(H,21,24)(H,22,27)(H,25,26).